The lowest BCUT2D eigenvalue weighted by Crippen LogP contribution is -2.60. The molecule has 0 aromatic heterocycles. The van der Waals surface area contributed by atoms with Crippen molar-refractivity contribution in [1.82, 2.24) is 10.2 Å². The van der Waals surface area contributed by atoms with Gasteiger partial charge in [0, 0.05) is 25.5 Å². The second-order valence-corrected chi connectivity index (χ2v) is 4.53. The van der Waals surface area contributed by atoms with E-state index < -0.39 is 0 Å². The number of hydrogen-bond donors (Lipinski definition) is 1. The molecule has 2 aliphatic heterocycles. The summed E-state index contributed by atoms with van der Waals surface area (Å²) in [6.45, 7) is 6.10. The Morgan fingerprint density at radius 2 is 1.92 bits per heavy atom. The van der Waals surface area contributed by atoms with Crippen molar-refractivity contribution in [2.24, 2.45) is 5.41 Å². The molecule has 0 radical (unpaired) electrons. The van der Waals surface area contributed by atoms with E-state index in [1.54, 1.807) is 0 Å². The highest BCUT2D eigenvalue weighted by molar-refractivity contribution is 6.18. The van der Waals surface area contributed by atoms with E-state index in [4.69, 9.17) is 11.6 Å². The lowest BCUT2D eigenvalue weighted by atomic mass is 9.72. The molecule has 2 nitrogen and oxygen atoms in total. The third-order valence-corrected chi connectivity index (χ3v) is 3.35. The van der Waals surface area contributed by atoms with Crippen LogP contribution in [0.4, 0.5) is 0 Å². The number of likely N-dealkylation sites (tertiary alicyclic amines) is 1. The van der Waals surface area contributed by atoms with Crippen molar-refractivity contribution >= 4 is 11.6 Å². The Balaban J connectivity index is 1.77. The number of hydrogen-bond acceptors (Lipinski definition) is 2. The highest BCUT2D eigenvalue weighted by atomic mass is 35.5. The quantitative estimate of drug-likeness (QED) is 0.649. The summed E-state index contributed by atoms with van der Waals surface area (Å²) >= 11 is 5.68. The maximum atomic E-state index is 5.68. The maximum absolute atomic E-state index is 5.68. The van der Waals surface area contributed by atoms with Crippen molar-refractivity contribution in [2.75, 3.05) is 38.6 Å². The Morgan fingerprint density at radius 3 is 2.50 bits per heavy atom. The highest BCUT2D eigenvalue weighted by Gasteiger charge is 2.42. The standard InChI is InChI=1S/C9H17ClN2/c10-3-6-12-7-9(8-12)1-4-11-5-2-9/h11H,1-8H2. The Morgan fingerprint density at radius 1 is 1.25 bits per heavy atom. The van der Waals surface area contributed by atoms with Gasteiger partial charge in [0.25, 0.3) is 0 Å². The third-order valence-electron chi connectivity index (χ3n) is 3.18. The van der Waals surface area contributed by atoms with Gasteiger partial charge in [0.2, 0.25) is 0 Å². The summed E-state index contributed by atoms with van der Waals surface area (Å²) in [6, 6.07) is 0. The summed E-state index contributed by atoms with van der Waals surface area (Å²) in [5.74, 6) is 0.786. The molecule has 0 aromatic rings. The van der Waals surface area contributed by atoms with E-state index in [9.17, 15) is 0 Å². The van der Waals surface area contributed by atoms with Crippen molar-refractivity contribution in [1.29, 1.82) is 0 Å². The van der Waals surface area contributed by atoms with Crippen molar-refractivity contribution in [2.45, 2.75) is 12.8 Å². The summed E-state index contributed by atoms with van der Waals surface area (Å²) < 4.78 is 0. The number of alkyl halides is 1. The Kier molecular flexibility index (Phi) is 2.58. The second kappa shape index (κ2) is 3.52. The van der Waals surface area contributed by atoms with Crippen molar-refractivity contribution in [3.8, 4) is 0 Å². The van der Waals surface area contributed by atoms with Gasteiger partial charge in [-0.1, -0.05) is 0 Å². The molecule has 0 unspecified atom stereocenters. The zero-order chi connectivity index (χ0) is 8.44. The first-order chi connectivity index (χ1) is 5.85. The van der Waals surface area contributed by atoms with Crippen LogP contribution in [0.2, 0.25) is 0 Å². The topological polar surface area (TPSA) is 15.3 Å². The molecule has 0 aliphatic carbocycles. The molecule has 2 rings (SSSR count). The summed E-state index contributed by atoms with van der Waals surface area (Å²) in [6.07, 6.45) is 2.73. The Bertz CT molecular complexity index is 147. The van der Waals surface area contributed by atoms with E-state index in [-0.39, 0.29) is 0 Å². The second-order valence-electron chi connectivity index (χ2n) is 4.15. The monoisotopic (exact) mass is 188 g/mol. The highest BCUT2D eigenvalue weighted by Crippen LogP contribution is 2.38. The minimum Gasteiger partial charge on any atom is -0.317 e. The number of halogens is 1. The van der Waals surface area contributed by atoms with E-state index in [1.807, 2.05) is 0 Å². The summed E-state index contributed by atoms with van der Waals surface area (Å²) in [7, 11) is 0. The summed E-state index contributed by atoms with van der Waals surface area (Å²) in [5.41, 5.74) is 0.678. The molecule has 2 saturated heterocycles. The smallest absolute Gasteiger partial charge is 0.0351 e. The van der Waals surface area contributed by atoms with Gasteiger partial charge < -0.3 is 10.2 Å². The van der Waals surface area contributed by atoms with Gasteiger partial charge in [-0.3, -0.25) is 0 Å². The lowest BCUT2D eigenvalue weighted by molar-refractivity contribution is -0.0182. The van der Waals surface area contributed by atoms with Crippen LogP contribution < -0.4 is 5.32 Å². The van der Waals surface area contributed by atoms with Crippen LogP contribution in [0.3, 0.4) is 0 Å². The Labute approximate surface area is 79.3 Å². The first-order valence-corrected chi connectivity index (χ1v) is 5.37. The van der Waals surface area contributed by atoms with Crippen molar-refractivity contribution < 1.29 is 0 Å². The molecule has 0 saturated carbocycles. The first-order valence-electron chi connectivity index (χ1n) is 4.84. The lowest BCUT2D eigenvalue weighted by Gasteiger charge is -2.52. The predicted molar refractivity (Wildman–Crippen MR) is 51.7 cm³/mol. The molecule has 2 heterocycles. The zero-order valence-electron chi connectivity index (χ0n) is 7.48. The van der Waals surface area contributed by atoms with E-state index in [0.29, 0.717) is 5.41 Å². The molecule has 12 heavy (non-hydrogen) atoms. The number of nitrogens with zero attached hydrogens (tertiary/aromatic N) is 1. The molecule has 0 atom stereocenters. The third kappa shape index (κ3) is 1.61. The van der Waals surface area contributed by atoms with E-state index in [0.717, 1.165) is 12.4 Å². The molecule has 0 amide bonds. The van der Waals surface area contributed by atoms with Gasteiger partial charge in [-0.25, -0.2) is 0 Å². The maximum Gasteiger partial charge on any atom is 0.0351 e. The molecule has 0 aromatic carbocycles. The average Bonchev–Trinajstić information content (AvgIpc) is 2.04. The molecule has 1 spiro atoms. The fourth-order valence-electron chi connectivity index (χ4n) is 2.45. The van der Waals surface area contributed by atoms with Gasteiger partial charge in [-0.15, -0.1) is 11.6 Å². The van der Waals surface area contributed by atoms with Crippen LogP contribution in [0.1, 0.15) is 12.8 Å². The van der Waals surface area contributed by atoms with Gasteiger partial charge in [-0.05, 0) is 31.3 Å². The van der Waals surface area contributed by atoms with Gasteiger partial charge in [0.05, 0.1) is 0 Å². The predicted octanol–water partition coefficient (Wildman–Crippen LogP) is 0.911. The molecule has 3 heteroatoms. The molecule has 0 bridgehead atoms. The van der Waals surface area contributed by atoms with Crippen LogP contribution in [0.25, 0.3) is 0 Å². The number of piperidine rings is 1. The molecule has 2 fully saturated rings. The summed E-state index contributed by atoms with van der Waals surface area (Å²) in [4.78, 5) is 2.47. The van der Waals surface area contributed by atoms with Crippen LogP contribution in [-0.4, -0.2) is 43.5 Å². The van der Waals surface area contributed by atoms with E-state index >= 15 is 0 Å². The van der Waals surface area contributed by atoms with Crippen LogP contribution in [0.5, 0.6) is 0 Å². The van der Waals surface area contributed by atoms with Crippen LogP contribution in [0.15, 0.2) is 0 Å². The number of rotatable bonds is 2. The van der Waals surface area contributed by atoms with E-state index in [2.05, 4.69) is 10.2 Å². The first kappa shape index (κ1) is 8.79. The fourth-order valence-corrected chi connectivity index (χ4v) is 2.69. The zero-order valence-corrected chi connectivity index (χ0v) is 8.24. The number of nitrogens with one attached hydrogen (secondary N) is 1. The molecular formula is C9H17ClN2. The normalized spacial score (nSPS) is 28.8. The summed E-state index contributed by atoms with van der Waals surface area (Å²) in [5, 5.41) is 3.41. The van der Waals surface area contributed by atoms with Gasteiger partial charge in [0.1, 0.15) is 0 Å². The molecule has 70 valence electrons. The largest absolute Gasteiger partial charge is 0.317 e. The van der Waals surface area contributed by atoms with Crippen LogP contribution in [0, 0.1) is 5.41 Å². The van der Waals surface area contributed by atoms with Crippen molar-refractivity contribution in [3.63, 3.8) is 0 Å². The Hall–Kier alpha value is 0.210. The minimum absolute atomic E-state index is 0.678. The molecular weight excluding hydrogens is 172 g/mol. The van der Waals surface area contributed by atoms with E-state index in [1.165, 1.54) is 39.0 Å². The fraction of sp³-hybridized carbons (Fsp3) is 1.00. The average molecular weight is 189 g/mol. The van der Waals surface area contributed by atoms with Gasteiger partial charge >= 0.3 is 0 Å². The molecule has 2 aliphatic rings. The van der Waals surface area contributed by atoms with Crippen LogP contribution in [-0.2, 0) is 0 Å². The van der Waals surface area contributed by atoms with Crippen molar-refractivity contribution in [3.05, 3.63) is 0 Å². The molecule has 1 N–H and O–H groups in total. The minimum atomic E-state index is 0.678. The van der Waals surface area contributed by atoms with Gasteiger partial charge in [-0.2, -0.15) is 0 Å². The SMILES string of the molecule is ClCCN1CC2(CCNCC2)C1. The van der Waals surface area contributed by atoms with Crippen LogP contribution >= 0.6 is 11.6 Å². The van der Waals surface area contributed by atoms with Gasteiger partial charge in [0.15, 0.2) is 0 Å².